The summed E-state index contributed by atoms with van der Waals surface area (Å²) in [6.07, 6.45) is 3.55. The summed E-state index contributed by atoms with van der Waals surface area (Å²) in [5.41, 5.74) is 3.79. The molecule has 3 aromatic rings. The number of nitrogens with zero attached hydrogens (tertiary/aromatic N) is 1. The van der Waals surface area contributed by atoms with Crippen molar-refractivity contribution in [2.45, 2.75) is 64.1 Å². The molecular formula is C29H35NO2. The van der Waals surface area contributed by atoms with Gasteiger partial charge in [-0.3, -0.25) is 4.90 Å². The first kappa shape index (κ1) is 22.7. The lowest BCUT2D eigenvalue weighted by Crippen LogP contribution is -2.55. The number of piperidine rings is 1. The van der Waals surface area contributed by atoms with Gasteiger partial charge in [-0.1, -0.05) is 97.9 Å². The van der Waals surface area contributed by atoms with Crippen LogP contribution in [0.25, 0.3) is 0 Å². The molecule has 3 atom stereocenters. The monoisotopic (exact) mass is 429 g/mol. The first-order chi connectivity index (χ1) is 15.8. The molecule has 3 heteroatoms. The van der Waals surface area contributed by atoms with E-state index in [-0.39, 0.29) is 12.1 Å². The quantitative estimate of drug-likeness (QED) is 0.381. The van der Waals surface area contributed by atoms with Crippen molar-refractivity contribution in [3.63, 3.8) is 0 Å². The summed E-state index contributed by atoms with van der Waals surface area (Å²) < 4.78 is 12.8. The van der Waals surface area contributed by atoms with E-state index in [2.05, 4.69) is 96.8 Å². The molecule has 0 spiro atoms. The minimum absolute atomic E-state index is 0.164. The molecule has 1 fully saturated rings. The molecule has 0 aliphatic carbocycles. The minimum Gasteiger partial charge on any atom is -0.375 e. The Bertz CT molecular complexity index is 900. The van der Waals surface area contributed by atoms with Crippen molar-refractivity contribution in [3.05, 3.63) is 108 Å². The molecule has 0 bridgehead atoms. The largest absolute Gasteiger partial charge is 0.375 e. The fourth-order valence-electron chi connectivity index (χ4n) is 4.73. The Morgan fingerprint density at radius 1 is 0.719 bits per heavy atom. The van der Waals surface area contributed by atoms with Gasteiger partial charge in [-0.15, -0.1) is 0 Å². The van der Waals surface area contributed by atoms with Crippen LogP contribution < -0.4 is 0 Å². The Balaban J connectivity index is 1.48. The van der Waals surface area contributed by atoms with E-state index >= 15 is 0 Å². The fraction of sp³-hybridized carbons (Fsp3) is 0.379. The molecule has 168 valence electrons. The third-order valence-corrected chi connectivity index (χ3v) is 6.49. The van der Waals surface area contributed by atoms with Gasteiger partial charge >= 0.3 is 0 Å². The maximum atomic E-state index is 6.52. The summed E-state index contributed by atoms with van der Waals surface area (Å²) in [4.78, 5) is 2.64. The highest BCUT2D eigenvalue weighted by Gasteiger charge is 2.37. The predicted molar refractivity (Wildman–Crippen MR) is 130 cm³/mol. The van der Waals surface area contributed by atoms with Crippen molar-refractivity contribution >= 4 is 0 Å². The molecule has 0 aromatic heterocycles. The highest BCUT2D eigenvalue weighted by atomic mass is 16.5. The Labute approximate surface area is 193 Å². The van der Waals surface area contributed by atoms with Crippen molar-refractivity contribution < 1.29 is 9.47 Å². The molecule has 3 nitrogen and oxygen atoms in total. The van der Waals surface area contributed by atoms with Gasteiger partial charge in [-0.2, -0.15) is 0 Å². The van der Waals surface area contributed by atoms with Crippen LogP contribution in [0.1, 0.15) is 42.9 Å². The van der Waals surface area contributed by atoms with Crippen LogP contribution >= 0.6 is 0 Å². The molecule has 32 heavy (non-hydrogen) atoms. The number of rotatable bonds is 10. The Morgan fingerprint density at radius 3 is 1.88 bits per heavy atom. The zero-order valence-corrected chi connectivity index (χ0v) is 19.1. The van der Waals surface area contributed by atoms with E-state index < -0.39 is 0 Å². The van der Waals surface area contributed by atoms with Gasteiger partial charge in [0.25, 0.3) is 0 Å². The van der Waals surface area contributed by atoms with Crippen molar-refractivity contribution in [2.24, 2.45) is 0 Å². The Morgan fingerprint density at radius 2 is 1.28 bits per heavy atom. The summed E-state index contributed by atoms with van der Waals surface area (Å²) in [7, 11) is 0. The number of likely N-dealkylation sites (tertiary alicyclic amines) is 1. The van der Waals surface area contributed by atoms with Crippen LogP contribution in [0.4, 0.5) is 0 Å². The van der Waals surface area contributed by atoms with Crippen molar-refractivity contribution in [1.82, 2.24) is 4.90 Å². The van der Waals surface area contributed by atoms with E-state index in [1.54, 1.807) is 0 Å². The average molecular weight is 430 g/mol. The van der Waals surface area contributed by atoms with Crippen LogP contribution in [-0.2, 0) is 29.2 Å². The summed E-state index contributed by atoms with van der Waals surface area (Å²) in [6.45, 7) is 5.20. The zero-order valence-electron chi connectivity index (χ0n) is 19.1. The van der Waals surface area contributed by atoms with Gasteiger partial charge in [0.2, 0.25) is 0 Å². The average Bonchev–Trinajstić information content (AvgIpc) is 2.86. The summed E-state index contributed by atoms with van der Waals surface area (Å²) in [5.74, 6) is 0. The number of hydrogen-bond acceptors (Lipinski definition) is 3. The smallest absolute Gasteiger partial charge is 0.0758 e. The second kappa shape index (κ2) is 12.0. The molecule has 0 saturated carbocycles. The Kier molecular flexibility index (Phi) is 8.49. The molecule has 0 amide bonds. The number of ether oxygens (including phenoxy) is 2. The number of hydrogen-bond donors (Lipinski definition) is 0. The van der Waals surface area contributed by atoms with Crippen LogP contribution in [0.2, 0.25) is 0 Å². The highest BCUT2D eigenvalue weighted by Crippen LogP contribution is 2.30. The molecule has 0 radical (unpaired) electrons. The molecule has 1 heterocycles. The van der Waals surface area contributed by atoms with Crippen molar-refractivity contribution in [1.29, 1.82) is 0 Å². The first-order valence-corrected chi connectivity index (χ1v) is 11.9. The molecule has 2 unspecified atom stereocenters. The molecule has 4 rings (SSSR count). The normalized spacial score (nSPS) is 21.5. The Hall–Kier alpha value is -2.46. The van der Waals surface area contributed by atoms with E-state index in [1.807, 2.05) is 6.07 Å². The lowest BCUT2D eigenvalue weighted by atomic mass is 9.91. The van der Waals surface area contributed by atoms with Gasteiger partial charge in [0.05, 0.1) is 32.0 Å². The lowest BCUT2D eigenvalue weighted by Gasteiger charge is -2.46. The summed E-state index contributed by atoms with van der Waals surface area (Å²) in [5, 5.41) is 0. The van der Waals surface area contributed by atoms with Crippen LogP contribution in [0.3, 0.4) is 0 Å². The van der Waals surface area contributed by atoms with E-state index in [0.717, 1.165) is 25.8 Å². The second-order valence-electron chi connectivity index (χ2n) is 8.70. The van der Waals surface area contributed by atoms with E-state index in [9.17, 15) is 0 Å². The second-order valence-corrected chi connectivity index (χ2v) is 8.70. The van der Waals surface area contributed by atoms with Gasteiger partial charge in [-0.05, 0) is 36.0 Å². The van der Waals surface area contributed by atoms with Gasteiger partial charge in [-0.25, -0.2) is 0 Å². The van der Waals surface area contributed by atoms with Crippen LogP contribution in [0.15, 0.2) is 91.0 Å². The minimum atomic E-state index is 0.164. The first-order valence-electron chi connectivity index (χ1n) is 11.9. The van der Waals surface area contributed by atoms with Gasteiger partial charge < -0.3 is 9.47 Å². The van der Waals surface area contributed by atoms with Gasteiger partial charge in [0.15, 0.2) is 0 Å². The predicted octanol–water partition coefficient (Wildman–Crippen LogP) is 6.23. The molecular weight excluding hydrogens is 394 g/mol. The fourth-order valence-corrected chi connectivity index (χ4v) is 4.73. The van der Waals surface area contributed by atoms with E-state index in [4.69, 9.17) is 9.47 Å². The van der Waals surface area contributed by atoms with Crippen LogP contribution in [-0.4, -0.2) is 29.7 Å². The van der Waals surface area contributed by atoms with Crippen molar-refractivity contribution in [3.8, 4) is 0 Å². The third-order valence-electron chi connectivity index (χ3n) is 6.49. The topological polar surface area (TPSA) is 21.7 Å². The number of benzene rings is 3. The third kappa shape index (κ3) is 6.29. The van der Waals surface area contributed by atoms with Gasteiger partial charge in [0, 0.05) is 12.6 Å². The zero-order chi connectivity index (χ0) is 22.0. The SMILES string of the molecule is CC[C@@H]1CCC(OCc2ccccc2)C(COCc2ccccc2)N1Cc1ccccc1. The highest BCUT2D eigenvalue weighted by molar-refractivity contribution is 5.16. The standard InChI is InChI=1S/C29H35NO2/c1-2-27-18-19-29(32-22-26-16-10-5-11-17-26)28(23-31-21-25-14-8-4-9-15-25)30(27)20-24-12-6-3-7-13-24/h3-17,27-29H,2,18-23H2,1H3/t27-,28?,29?/m1/s1. The maximum Gasteiger partial charge on any atom is 0.0758 e. The van der Waals surface area contributed by atoms with E-state index in [0.29, 0.717) is 25.9 Å². The molecule has 1 aliphatic heterocycles. The summed E-state index contributed by atoms with van der Waals surface area (Å²) in [6, 6.07) is 32.5. The van der Waals surface area contributed by atoms with E-state index in [1.165, 1.54) is 16.7 Å². The van der Waals surface area contributed by atoms with Crippen LogP contribution in [0.5, 0.6) is 0 Å². The summed E-state index contributed by atoms with van der Waals surface area (Å²) >= 11 is 0. The van der Waals surface area contributed by atoms with Gasteiger partial charge in [0.1, 0.15) is 0 Å². The molecule has 3 aromatic carbocycles. The molecule has 1 aliphatic rings. The lowest BCUT2D eigenvalue weighted by molar-refractivity contribution is -0.101. The van der Waals surface area contributed by atoms with Crippen molar-refractivity contribution in [2.75, 3.05) is 6.61 Å². The maximum absolute atomic E-state index is 6.52. The molecule has 1 saturated heterocycles. The van der Waals surface area contributed by atoms with Crippen LogP contribution in [0, 0.1) is 0 Å². The molecule has 0 N–H and O–H groups in total.